The molecule has 0 unspecified atom stereocenters. The van der Waals surface area contributed by atoms with Crippen molar-refractivity contribution in [3.63, 3.8) is 0 Å². The fourth-order valence-electron chi connectivity index (χ4n) is 2.72. The molecule has 0 saturated carbocycles. The van der Waals surface area contributed by atoms with Crippen LogP contribution in [0, 0.1) is 4.91 Å². The average molecular weight is 315 g/mol. The van der Waals surface area contributed by atoms with Gasteiger partial charge in [0.05, 0.1) is 0 Å². The molecule has 3 nitrogen and oxygen atoms in total. The summed E-state index contributed by atoms with van der Waals surface area (Å²) in [4.78, 5) is 15.7. The second kappa shape index (κ2) is 6.95. The third-order valence-corrected chi connectivity index (χ3v) is 4.00. The molecule has 3 rings (SSSR count). The van der Waals surface area contributed by atoms with Gasteiger partial charge in [-0.05, 0) is 46.6 Å². The summed E-state index contributed by atoms with van der Waals surface area (Å²) in [6, 6.07) is 18.7. The van der Waals surface area contributed by atoms with Gasteiger partial charge in [0.1, 0.15) is 0 Å². The van der Waals surface area contributed by atoms with E-state index in [0.717, 1.165) is 28.0 Å². The largest absolute Gasteiger partial charge is 0.396 e. The highest BCUT2D eigenvalue weighted by molar-refractivity contribution is 6.06. The Morgan fingerprint density at radius 1 is 0.792 bits per heavy atom. The Morgan fingerprint density at radius 3 is 1.92 bits per heavy atom. The summed E-state index contributed by atoms with van der Waals surface area (Å²) in [5.41, 5.74) is 6.07. The first-order chi connectivity index (χ1) is 11.7. The summed E-state index contributed by atoms with van der Waals surface area (Å²) >= 11 is 0. The first kappa shape index (κ1) is 15.7. The molecule has 3 heteroatoms. The van der Waals surface area contributed by atoms with E-state index in [-0.39, 0.29) is 0 Å². The van der Waals surface area contributed by atoms with Gasteiger partial charge in [-0.1, -0.05) is 42.5 Å². The molecule has 0 heterocycles. The van der Waals surface area contributed by atoms with Crippen molar-refractivity contribution in [3.8, 4) is 0 Å². The van der Waals surface area contributed by atoms with E-state index in [1.54, 1.807) is 12.2 Å². The van der Waals surface area contributed by atoms with Crippen molar-refractivity contribution in [2.45, 2.75) is 0 Å². The molecule has 0 atom stereocenters. The van der Waals surface area contributed by atoms with Crippen molar-refractivity contribution >= 4 is 17.0 Å². The molecule has 24 heavy (non-hydrogen) atoms. The van der Waals surface area contributed by atoms with Crippen molar-refractivity contribution in [3.05, 3.63) is 101 Å². The smallest absolute Gasteiger partial charge is 0.378 e. The lowest BCUT2D eigenvalue weighted by Gasteiger charge is -2.16. The zero-order valence-electron chi connectivity index (χ0n) is 13.8. The minimum atomic E-state index is 0.439. The van der Waals surface area contributed by atoms with Crippen molar-refractivity contribution in [1.82, 2.24) is 4.85 Å². The third kappa shape index (κ3) is 3.27. The van der Waals surface area contributed by atoms with E-state index in [1.165, 1.54) is 0 Å². The van der Waals surface area contributed by atoms with Crippen LogP contribution in [0.5, 0.6) is 0 Å². The lowest BCUT2D eigenvalue weighted by atomic mass is 9.91. The van der Waals surface area contributed by atoms with Gasteiger partial charge < -0.3 is 4.90 Å². The van der Waals surface area contributed by atoms with Crippen LogP contribution < -0.4 is 9.75 Å². The van der Waals surface area contributed by atoms with Gasteiger partial charge in [-0.3, -0.25) is 0 Å². The van der Waals surface area contributed by atoms with Crippen LogP contribution >= 0.6 is 0 Å². The monoisotopic (exact) mass is 315 g/mol. The van der Waals surface area contributed by atoms with Gasteiger partial charge in [0.25, 0.3) is 0 Å². The summed E-state index contributed by atoms with van der Waals surface area (Å²) < 4.78 is 0. The van der Waals surface area contributed by atoms with E-state index in [4.69, 9.17) is 0 Å². The zero-order chi connectivity index (χ0) is 16.9. The Bertz CT molecular complexity index is 848. The number of hydrogen-bond acceptors (Lipinski definition) is 2. The van der Waals surface area contributed by atoms with E-state index in [0.29, 0.717) is 5.71 Å². The molecular weight excluding hydrogens is 296 g/mol. The van der Waals surface area contributed by atoms with Gasteiger partial charge in [-0.25, -0.2) is 0 Å². The molecule has 1 aliphatic carbocycles. The maximum Gasteiger partial charge on any atom is 0.396 e. The molecule has 2 aromatic rings. The van der Waals surface area contributed by atoms with Gasteiger partial charge >= 0.3 is 5.71 Å². The topological polar surface area (TPSA) is 34.4 Å². The maximum absolute atomic E-state index is 10.7. The van der Waals surface area contributed by atoms with Crippen molar-refractivity contribution in [1.29, 1.82) is 0 Å². The lowest BCUT2D eigenvalue weighted by Crippen LogP contribution is -2.08. The second-order valence-corrected chi connectivity index (χ2v) is 5.82. The summed E-state index contributed by atoms with van der Waals surface area (Å²) in [5.74, 6) is 0. The first-order valence-electron chi connectivity index (χ1n) is 7.83. The van der Waals surface area contributed by atoms with Crippen molar-refractivity contribution in [2.75, 3.05) is 19.0 Å². The van der Waals surface area contributed by atoms with Gasteiger partial charge in [0.2, 0.25) is 4.85 Å². The fraction of sp³-hybridized carbons (Fsp3) is 0.0952. The molecule has 0 radical (unpaired) electrons. The number of benzene rings is 2. The van der Waals surface area contributed by atoms with Crippen LogP contribution in [0.15, 0.2) is 84.5 Å². The van der Waals surface area contributed by atoms with Crippen molar-refractivity contribution in [2.24, 2.45) is 0 Å². The molecule has 0 saturated heterocycles. The molecule has 0 fully saturated rings. The number of hydrogen-bond donors (Lipinski definition) is 0. The Balaban J connectivity index is 2.14. The molecule has 0 N–H and O–H groups in total. The highest BCUT2D eigenvalue weighted by Crippen LogP contribution is 2.30. The van der Waals surface area contributed by atoms with Crippen LogP contribution in [0.25, 0.3) is 5.57 Å². The number of nitroso groups, excluding NO2 is 1. The minimum Gasteiger partial charge on any atom is -0.378 e. The second-order valence-electron chi connectivity index (χ2n) is 5.82. The fourth-order valence-corrected chi connectivity index (χ4v) is 2.72. The number of allylic oxidation sites excluding steroid dienone is 5. The average Bonchev–Trinajstić information content (AvgIpc) is 2.64. The van der Waals surface area contributed by atoms with Crippen LogP contribution in [0.3, 0.4) is 0 Å². The Morgan fingerprint density at radius 2 is 1.38 bits per heavy atom. The third-order valence-electron chi connectivity index (χ3n) is 4.00. The zero-order valence-corrected chi connectivity index (χ0v) is 13.8. The van der Waals surface area contributed by atoms with Crippen LogP contribution in [0.4, 0.5) is 5.69 Å². The Hall–Kier alpha value is -3.16. The standard InChI is InChI=1S/C21H19N2O/c1-23(2)20-14-10-18(11-15-20)21(16-6-4-3-5-7-16)17-8-12-19(22-24)13-9-17/h3-15H,1-2H3/q+1. The molecule has 0 aromatic heterocycles. The predicted octanol–water partition coefficient (Wildman–Crippen LogP) is 3.96. The molecule has 2 aromatic carbocycles. The van der Waals surface area contributed by atoms with E-state index >= 15 is 0 Å². The van der Waals surface area contributed by atoms with E-state index < -0.39 is 0 Å². The van der Waals surface area contributed by atoms with Crippen LogP contribution in [0.1, 0.15) is 11.1 Å². The SMILES string of the molecule is CN(C)c1ccc(C(=C2C=CC(=[N+]=O)C=C2)c2ccccc2)cc1. The molecule has 0 aliphatic heterocycles. The van der Waals surface area contributed by atoms with Gasteiger partial charge in [0, 0.05) is 31.9 Å². The predicted molar refractivity (Wildman–Crippen MR) is 102 cm³/mol. The highest BCUT2D eigenvalue weighted by Gasteiger charge is 2.14. The molecular formula is C21H19N2O+. The maximum atomic E-state index is 10.7. The van der Waals surface area contributed by atoms with Gasteiger partial charge in [0.15, 0.2) is 4.91 Å². The van der Waals surface area contributed by atoms with E-state index in [1.807, 2.05) is 44.4 Å². The van der Waals surface area contributed by atoms with Crippen molar-refractivity contribution < 1.29 is 0 Å². The van der Waals surface area contributed by atoms with E-state index in [9.17, 15) is 4.91 Å². The van der Waals surface area contributed by atoms with Crippen LogP contribution in [-0.2, 0) is 0 Å². The molecule has 0 amide bonds. The summed E-state index contributed by atoms with van der Waals surface area (Å²) in [7, 11) is 4.06. The number of nitrogens with zero attached hydrogens (tertiary/aromatic N) is 2. The normalized spacial score (nSPS) is 12.9. The Labute approximate surface area is 141 Å². The lowest BCUT2D eigenvalue weighted by molar-refractivity contribution is 1.13. The van der Waals surface area contributed by atoms with Crippen LogP contribution in [-0.4, -0.2) is 19.8 Å². The quantitative estimate of drug-likeness (QED) is 0.804. The van der Waals surface area contributed by atoms with Crippen LogP contribution in [0.2, 0.25) is 0 Å². The summed E-state index contributed by atoms with van der Waals surface area (Å²) in [6.07, 6.45) is 7.39. The first-order valence-corrected chi connectivity index (χ1v) is 7.83. The summed E-state index contributed by atoms with van der Waals surface area (Å²) in [5, 5.41) is 0. The molecule has 0 spiro atoms. The minimum absolute atomic E-state index is 0.439. The molecule has 1 aliphatic rings. The van der Waals surface area contributed by atoms with Gasteiger partial charge in [-0.2, -0.15) is 0 Å². The van der Waals surface area contributed by atoms with E-state index in [2.05, 4.69) is 46.2 Å². The number of rotatable bonds is 3. The molecule has 0 bridgehead atoms. The van der Waals surface area contributed by atoms with Gasteiger partial charge in [-0.15, -0.1) is 0 Å². The highest BCUT2D eigenvalue weighted by atomic mass is 16.2. The number of anilines is 1. The Kier molecular flexibility index (Phi) is 4.55. The summed E-state index contributed by atoms with van der Waals surface area (Å²) in [6.45, 7) is 0. The molecule has 118 valence electrons.